The smallest absolute Gasteiger partial charge is 0.306 e. The Balaban J connectivity index is 2.76. The van der Waals surface area contributed by atoms with Gasteiger partial charge >= 0.3 is 7.60 Å². The summed E-state index contributed by atoms with van der Waals surface area (Å²) in [5.41, 5.74) is 0. The normalized spacial score (nSPS) is 29.8. The van der Waals surface area contributed by atoms with Crippen LogP contribution in [-0.2, 0) is 13.6 Å². The van der Waals surface area contributed by atoms with Gasteiger partial charge in [-0.15, -0.1) is 11.8 Å². The molecule has 2 atom stereocenters. The van der Waals surface area contributed by atoms with Crippen molar-refractivity contribution in [2.75, 3.05) is 6.61 Å². The average molecular weight is 264 g/mol. The first-order chi connectivity index (χ1) is 7.50. The van der Waals surface area contributed by atoms with Crippen molar-refractivity contribution < 1.29 is 13.6 Å². The largest absolute Gasteiger partial charge is 0.355 e. The Labute approximate surface area is 103 Å². The van der Waals surface area contributed by atoms with E-state index in [1.54, 1.807) is 17.6 Å². The average Bonchev–Trinajstić information content (AvgIpc) is 2.43. The van der Waals surface area contributed by atoms with E-state index < -0.39 is 7.60 Å². The van der Waals surface area contributed by atoms with E-state index >= 15 is 0 Å². The molecule has 0 aliphatic carbocycles. The van der Waals surface area contributed by atoms with Crippen LogP contribution in [0, 0.1) is 0 Å². The molecule has 0 aromatic heterocycles. The lowest BCUT2D eigenvalue weighted by Crippen LogP contribution is -2.08. The molecule has 0 N–H and O–H groups in total. The minimum Gasteiger partial charge on any atom is -0.306 e. The fraction of sp³-hybridized carbons (Fsp3) is 0.818. The van der Waals surface area contributed by atoms with E-state index in [4.69, 9.17) is 9.05 Å². The maximum absolute atomic E-state index is 12.2. The summed E-state index contributed by atoms with van der Waals surface area (Å²) in [4.78, 5) is 1.08. The maximum atomic E-state index is 12.2. The molecule has 0 radical (unpaired) electrons. The molecule has 0 saturated heterocycles. The molecule has 94 valence electrons. The van der Waals surface area contributed by atoms with E-state index in [-0.39, 0.29) is 6.10 Å². The summed E-state index contributed by atoms with van der Waals surface area (Å²) in [5.74, 6) is 1.71. The van der Waals surface area contributed by atoms with Crippen molar-refractivity contribution in [2.24, 2.45) is 0 Å². The van der Waals surface area contributed by atoms with E-state index in [0.717, 1.165) is 17.7 Å². The maximum Gasteiger partial charge on any atom is 0.355 e. The first kappa shape index (κ1) is 14.3. The molecule has 0 aromatic carbocycles. The number of rotatable bonds is 6. The Hall–Kier alpha value is 0.240. The molecule has 1 heterocycles. The minimum absolute atomic E-state index is 0.0326. The van der Waals surface area contributed by atoms with Crippen LogP contribution in [0.15, 0.2) is 10.7 Å². The van der Waals surface area contributed by atoms with E-state index in [0.29, 0.717) is 11.9 Å². The lowest BCUT2D eigenvalue weighted by atomic mass is 10.2. The zero-order chi connectivity index (χ0) is 12.2. The number of hydrogen-bond donors (Lipinski definition) is 0. The van der Waals surface area contributed by atoms with Crippen LogP contribution in [0.1, 0.15) is 40.5 Å². The Morgan fingerprint density at radius 2 is 2.25 bits per heavy atom. The van der Waals surface area contributed by atoms with Crippen LogP contribution < -0.4 is 0 Å². The summed E-state index contributed by atoms with van der Waals surface area (Å²) in [6, 6.07) is 0. The van der Waals surface area contributed by atoms with E-state index in [9.17, 15) is 4.57 Å². The fourth-order valence-electron chi connectivity index (χ4n) is 1.58. The van der Waals surface area contributed by atoms with Crippen molar-refractivity contribution in [3.05, 3.63) is 10.7 Å². The van der Waals surface area contributed by atoms with Gasteiger partial charge < -0.3 is 4.52 Å². The molecule has 0 amide bonds. The predicted octanol–water partition coefficient (Wildman–Crippen LogP) is 4.40. The quantitative estimate of drug-likeness (QED) is 0.666. The molecule has 1 aliphatic rings. The summed E-state index contributed by atoms with van der Waals surface area (Å²) in [7, 11) is -2.95. The third-order valence-electron chi connectivity index (χ3n) is 2.11. The molecule has 5 heteroatoms. The highest BCUT2D eigenvalue weighted by molar-refractivity contribution is 8.04. The topological polar surface area (TPSA) is 35.5 Å². The molecule has 0 spiro atoms. The second-order valence-electron chi connectivity index (χ2n) is 4.04. The van der Waals surface area contributed by atoms with Crippen LogP contribution in [0.4, 0.5) is 0 Å². The van der Waals surface area contributed by atoms with Gasteiger partial charge in [-0.1, -0.05) is 27.2 Å². The zero-order valence-corrected chi connectivity index (χ0v) is 12.1. The van der Waals surface area contributed by atoms with Crippen molar-refractivity contribution in [3.8, 4) is 0 Å². The fourth-order valence-corrected chi connectivity index (χ4v) is 4.75. The van der Waals surface area contributed by atoms with Crippen molar-refractivity contribution in [1.29, 1.82) is 0 Å². The summed E-state index contributed by atoms with van der Waals surface area (Å²) in [5, 5.41) is 0.474. The van der Waals surface area contributed by atoms with Gasteiger partial charge in [-0.25, -0.2) is 0 Å². The molecular weight excluding hydrogens is 243 g/mol. The third-order valence-corrected chi connectivity index (χ3v) is 5.17. The van der Waals surface area contributed by atoms with E-state index in [1.807, 2.05) is 6.92 Å². The van der Waals surface area contributed by atoms with Crippen LogP contribution in [0.25, 0.3) is 0 Å². The lowest BCUT2D eigenvalue weighted by molar-refractivity contribution is 0.187. The second-order valence-corrected chi connectivity index (χ2v) is 7.50. The third kappa shape index (κ3) is 3.92. The van der Waals surface area contributed by atoms with Gasteiger partial charge in [0.15, 0.2) is 0 Å². The van der Waals surface area contributed by atoms with Gasteiger partial charge in [0, 0.05) is 16.0 Å². The van der Waals surface area contributed by atoms with Gasteiger partial charge in [0.05, 0.1) is 12.7 Å². The molecule has 0 fully saturated rings. The Morgan fingerprint density at radius 1 is 1.56 bits per heavy atom. The van der Waals surface area contributed by atoms with E-state index in [1.165, 1.54) is 0 Å². The lowest BCUT2D eigenvalue weighted by Gasteiger charge is -2.15. The van der Waals surface area contributed by atoms with Crippen LogP contribution in [0.3, 0.4) is 0 Å². The van der Waals surface area contributed by atoms with Crippen molar-refractivity contribution in [2.45, 2.75) is 51.9 Å². The van der Waals surface area contributed by atoms with Gasteiger partial charge in [0.25, 0.3) is 0 Å². The standard InChI is InChI=1S/C11H21O3PS/c1-5-7-10-11(16-9(3)4)8-15(12,14-10)13-6-2/h8-10H,5-7H2,1-4H3. The summed E-state index contributed by atoms with van der Waals surface area (Å²) in [6.07, 6.45) is 1.89. The van der Waals surface area contributed by atoms with Gasteiger partial charge in [-0.2, -0.15) is 0 Å². The van der Waals surface area contributed by atoms with Crippen molar-refractivity contribution >= 4 is 19.4 Å². The Kier molecular flexibility index (Phi) is 5.58. The molecule has 0 saturated carbocycles. The van der Waals surface area contributed by atoms with Crippen LogP contribution in [0.2, 0.25) is 0 Å². The second kappa shape index (κ2) is 6.25. The van der Waals surface area contributed by atoms with Crippen LogP contribution in [0.5, 0.6) is 0 Å². The van der Waals surface area contributed by atoms with Gasteiger partial charge in [-0.05, 0) is 13.3 Å². The molecular formula is C11H21O3PS. The monoisotopic (exact) mass is 264 g/mol. The Bertz CT molecular complexity index is 302. The summed E-state index contributed by atoms with van der Waals surface area (Å²) in [6.45, 7) is 8.60. The SMILES string of the molecule is CCCC1OP(=O)(OCC)C=C1SC(C)C. The number of thioether (sulfide) groups is 1. The predicted molar refractivity (Wildman–Crippen MR) is 69.8 cm³/mol. The number of hydrogen-bond acceptors (Lipinski definition) is 4. The van der Waals surface area contributed by atoms with Crippen LogP contribution >= 0.6 is 19.4 Å². The highest BCUT2D eigenvalue weighted by Crippen LogP contribution is 2.60. The highest BCUT2D eigenvalue weighted by atomic mass is 32.2. The molecule has 1 aliphatic heterocycles. The molecule has 0 aromatic rings. The minimum atomic E-state index is -2.95. The molecule has 0 bridgehead atoms. The van der Waals surface area contributed by atoms with Gasteiger partial charge in [-0.3, -0.25) is 9.09 Å². The molecule has 2 unspecified atom stereocenters. The molecule has 3 nitrogen and oxygen atoms in total. The first-order valence-corrected chi connectivity index (χ1v) is 8.32. The summed E-state index contributed by atoms with van der Waals surface area (Å²) >= 11 is 1.72. The first-order valence-electron chi connectivity index (χ1n) is 5.82. The molecule has 1 rings (SSSR count). The molecule has 16 heavy (non-hydrogen) atoms. The summed E-state index contributed by atoms with van der Waals surface area (Å²) < 4.78 is 22.9. The van der Waals surface area contributed by atoms with E-state index in [2.05, 4.69) is 20.8 Å². The van der Waals surface area contributed by atoms with Gasteiger partial charge in [0.2, 0.25) is 0 Å². The van der Waals surface area contributed by atoms with Crippen molar-refractivity contribution in [3.63, 3.8) is 0 Å². The van der Waals surface area contributed by atoms with Gasteiger partial charge in [0.1, 0.15) is 0 Å². The Morgan fingerprint density at radius 3 is 2.75 bits per heavy atom. The zero-order valence-electron chi connectivity index (χ0n) is 10.4. The van der Waals surface area contributed by atoms with Crippen molar-refractivity contribution in [1.82, 2.24) is 0 Å². The highest BCUT2D eigenvalue weighted by Gasteiger charge is 2.36. The van der Waals surface area contributed by atoms with Crippen LogP contribution in [-0.4, -0.2) is 18.0 Å².